The van der Waals surface area contributed by atoms with Crippen molar-refractivity contribution in [3.05, 3.63) is 42.0 Å². The van der Waals surface area contributed by atoms with Crippen LogP contribution in [0.2, 0.25) is 0 Å². The maximum Gasteiger partial charge on any atom is 0.313 e. The summed E-state index contributed by atoms with van der Waals surface area (Å²) < 4.78 is 10.5. The highest BCUT2D eigenvalue weighted by molar-refractivity contribution is 5.85. The Labute approximate surface area is 130 Å². The number of benzene rings is 2. The number of carbonyl (C=O) groups excluding carboxylic acids is 2. The first kappa shape index (κ1) is 16.0. The molecule has 1 unspecified atom stereocenters. The first-order valence-corrected chi connectivity index (χ1v) is 7.29. The van der Waals surface area contributed by atoms with Gasteiger partial charge in [-0.3, -0.25) is 9.59 Å². The molecule has 0 aromatic heterocycles. The Balaban J connectivity index is 2.25. The molecule has 0 saturated heterocycles. The number of esters is 2. The van der Waals surface area contributed by atoms with Crippen molar-refractivity contribution in [2.75, 3.05) is 0 Å². The number of hydrogen-bond acceptors (Lipinski definition) is 4. The molecule has 0 radical (unpaired) electrons. The van der Waals surface area contributed by atoms with Crippen LogP contribution in [0.25, 0.3) is 10.8 Å². The minimum Gasteiger partial charge on any atom is -0.458 e. The lowest BCUT2D eigenvalue weighted by molar-refractivity contribution is -0.145. The van der Waals surface area contributed by atoms with Gasteiger partial charge in [-0.25, -0.2) is 0 Å². The lowest BCUT2D eigenvalue weighted by atomic mass is 10.0. The smallest absolute Gasteiger partial charge is 0.313 e. The summed E-state index contributed by atoms with van der Waals surface area (Å²) in [5, 5.41) is 1.97. The molecule has 4 nitrogen and oxygen atoms in total. The third kappa shape index (κ3) is 3.85. The zero-order valence-electron chi connectivity index (χ0n) is 13.3. The third-order valence-corrected chi connectivity index (χ3v) is 3.34. The molecule has 0 saturated carbocycles. The molecule has 2 aromatic rings. The van der Waals surface area contributed by atoms with E-state index in [0.29, 0.717) is 5.75 Å². The summed E-state index contributed by atoms with van der Waals surface area (Å²) in [6.07, 6.45) is -0.291. The largest absolute Gasteiger partial charge is 0.458 e. The second kappa shape index (κ2) is 6.60. The van der Waals surface area contributed by atoms with Crippen LogP contribution in [0.5, 0.6) is 5.75 Å². The van der Waals surface area contributed by atoms with Gasteiger partial charge in [-0.2, -0.15) is 0 Å². The molecular weight excluding hydrogens is 280 g/mol. The fraction of sp³-hybridized carbons (Fsp3) is 0.333. The molecule has 0 aliphatic rings. The van der Waals surface area contributed by atoms with E-state index in [1.165, 1.54) is 6.92 Å². The first-order chi connectivity index (χ1) is 10.4. The van der Waals surface area contributed by atoms with Crippen LogP contribution in [-0.2, 0) is 14.3 Å². The zero-order chi connectivity index (χ0) is 16.3. The summed E-state index contributed by atoms with van der Waals surface area (Å²) in [4.78, 5) is 22.6. The average molecular weight is 300 g/mol. The van der Waals surface area contributed by atoms with Crippen molar-refractivity contribution in [3.8, 4) is 5.75 Å². The molecule has 0 aliphatic carbocycles. The van der Waals surface area contributed by atoms with Gasteiger partial charge in [0.2, 0.25) is 0 Å². The Hall–Kier alpha value is -2.36. The minimum absolute atomic E-state index is 0.164. The summed E-state index contributed by atoms with van der Waals surface area (Å²) in [5.41, 5.74) is 0.926. The highest BCUT2D eigenvalue weighted by Crippen LogP contribution is 2.26. The number of carbonyl (C=O) groups is 2. The summed E-state index contributed by atoms with van der Waals surface area (Å²) in [6, 6.07) is 11.3. The van der Waals surface area contributed by atoms with Gasteiger partial charge in [0.25, 0.3) is 0 Å². The van der Waals surface area contributed by atoms with Crippen LogP contribution in [0.1, 0.15) is 39.4 Å². The van der Waals surface area contributed by atoms with E-state index in [9.17, 15) is 9.59 Å². The minimum atomic E-state index is -0.302. The maximum atomic E-state index is 11.6. The van der Waals surface area contributed by atoms with Crippen molar-refractivity contribution in [2.45, 2.75) is 33.8 Å². The highest BCUT2D eigenvalue weighted by atomic mass is 16.5. The maximum absolute atomic E-state index is 11.6. The average Bonchev–Trinajstić information content (AvgIpc) is 2.45. The topological polar surface area (TPSA) is 52.6 Å². The molecule has 0 bridgehead atoms. The number of rotatable bonds is 4. The molecule has 4 heteroatoms. The van der Waals surface area contributed by atoms with Crippen molar-refractivity contribution in [1.82, 2.24) is 0 Å². The standard InChI is InChI=1S/C18H20O4/c1-11(2)18(20)22-17-8-7-15-9-14(5-6-16(15)10-17)12(3)21-13(4)19/h5-12H,1-4H3. The Bertz CT molecular complexity index is 703. The first-order valence-electron chi connectivity index (χ1n) is 7.29. The molecule has 0 heterocycles. The molecule has 2 aromatic carbocycles. The summed E-state index contributed by atoms with van der Waals surface area (Å²) in [5.74, 6) is -0.183. The van der Waals surface area contributed by atoms with Gasteiger partial charge in [0, 0.05) is 6.92 Å². The molecule has 0 fully saturated rings. The van der Waals surface area contributed by atoms with Crippen LogP contribution in [0, 0.1) is 5.92 Å². The van der Waals surface area contributed by atoms with Gasteiger partial charge < -0.3 is 9.47 Å². The molecule has 0 spiro atoms. The summed E-state index contributed by atoms with van der Waals surface area (Å²) in [7, 11) is 0. The predicted octanol–water partition coefficient (Wildman–Crippen LogP) is 4.03. The second-order valence-corrected chi connectivity index (χ2v) is 5.60. The van der Waals surface area contributed by atoms with Gasteiger partial charge in [0.1, 0.15) is 11.9 Å². The highest BCUT2D eigenvalue weighted by Gasteiger charge is 2.12. The van der Waals surface area contributed by atoms with Crippen LogP contribution >= 0.6 is 0 Å². The number of hydrogen-bond donors (Lipinski definition) is 0. The SMILES string of the molecule is CC(=O)OC(C)c1ccc2cc(OC(=O)C(C)C)ccc2c1. The molecule has 22 heavy (non-hydrogen) atoms. The lowest BCUT2D eigenvalue weighted by Crippen LogP contribution is -2.14. The van der Waals surface area contributed by atoms with Crippen molar-refractivity contribution in [2.24, 2.45) is 5.92 Å². The number of fused-ring (bicyclic) bond motifs is 1. The summed E-state index contributed by atoms with van der Waals surface area (Å²) >= 11 is 0. The Morgan fingerprint density at radius 2 is 1.59 bits per heavy atom. The van der Waals surface area contributed by atoms with Crippen LogP contribution < -0.4 is 4.74 Å². The van der Waals surface area contributed by atoms with E-state index >= 15 is 0 Å². The molecular formula is C18H20O4. The number of ether oxygens (including phenoxy) is 2. The van der Waals surface area contributed by atoms with Crippen molar-refractivity contribution in [3.63, 3.8) is 0 Å². The van der Waals surface area contributed by atoms with Crippen LogP contribution in [0.4, 0.5) is 0 Å². The van der Waals surface area contributed by atoms with E-state index < -0.39 is 0 Å². The molecule has 1 atom stereocenters. The molecule has 0 N–H and O–H groups in total. The van der Waals surface area contributed by atoms with Gasteiger partial charge >= 0.3 is 11.9 Å². The van der Waals surface area contributed by atoms with Crippen LogP contribution in [0.15, 0.2) is 36.4 Å². The molecule has 2 rings (SSSR count). The Morgan fingerprint density at radius 3 is 2.23 bits per heavy atom. The second-order valence-electron chi connectivity index (χ2n) is 5.60. The molecule has 0 amide bonds. The normalized spacial score (nSPS) is 12.2. The van der Waals surface area contributed by atoms with Crippen molar-refractivity contribution in [1.29, 1.82) is 0 Å². The van der Waals surface area contributed by atoms with Gasteiger partial charge in [-0.05, 0) is 41.5 Å². The Kier molecular flexibility index (Phi) is 4.81. The fourth-order valence-corrected chi connectivity index (χ4v) is 2.11. The van der Waals surface area contributed by atoms with E-state index in [0.717, 1.165) is 16.3 Å². The summed E-state index contributed by atoms with van der Waals surface area (Å²) in [6.45, 7) is 6.83. The van der Waals surface area contributed by atoms with Gasteiger partial charge in [-0.1, -0.05) is 32.0 Å². The van der Waals surface area contributed by atoms with E-state index in [2.05, 4.69) is 0 Å². The van der Waals surface area contributed by atoms with Crippen molar-refractivity contribution < 1.29 is 19.1 Å². The molecule has 0 aliphatic heterocycles. The van der Waals surface area contributed by atoms with E-state index in [1.54, 1.807) is 19.9 Å². The molecule has 116 valence electrons. The Morgan fingerprint density at radius 1 is 0.955 bits per heavy atom. The zero-order valence-corrected chi connectivity index (χ0v) is 13.3. The van der Waals surface area contributed by atoms with E-state index in [-0.39, 0.29) is 24.0 Å². The quantitative estimate of drug-likeness (QED) is 0.632. The van der Waals surface area contributed by atoms with Crippen molar-refractivity contribution >= 4 is 22.7 Å². The van der Waals surface area contributed by atoms with Crippen LogP contribution in [-0.4, -0.2) is 11.9 Å². The van der Waals surface area contributed by atoms with Gasteiger partial charge in [0.05, 0.1) is 5.92 Å². The fourth-order valence-electron chi connectivity index (χ4n) is 2.11. The third-order valence-electron chi connectivity index (χ3n) is 3.34. The monoisotopic (exact) mass is 300 g/mol. The van der Waals surface area contributed by atoms with Gasteiger partial charge in [0.15, 0.2) is 0 Å². The van der Waals surface area contributed by atoms with Crippen LogP contribution in [0.3, 0.4) is 0 Å². The lowest BCUT2D eigenvalue weighted by Gasteiger charge is -2.13. The van der Waals surface area contributed by atoms with Gasteiger partial charge in [-0.15, -0.1) is 0 Å². The van der Waals surface area contributed by atoms with E-state index in [4.69, 9.17) is 9.47 Å². The predicted molar refractivity (Wildman–Crippen MR) is 84.6 cm³/mol. The van der Waals surface area contributed by atoms with E-state index in [1.807, 2.05) is 37.3 Å².